The molecule has 0 spiro atoms. The molecular formula is C19H16N4. The van der Waals surface area contributed by atoms with Crippen molar-refractivity contribution in [2.75, 3.05) is 0 Å². The van der Waals surface area contributed by atoms with Gasteiger partial charge >= 0.3 is 0 Å². The minimum atomic E-state index is 0.837. The Labute approximate surface area is 134 Å². The molecule has 0 aliphatic rings. The van der Waals surface area contributed by atoms with Gasteiger partial charge in [0, 0.05) is 17.5 Å². The molecule has 4 rings (SSSR count). The van der Waals surface area contributed by atoms with Crippen molar-refractivity contribution in [3.05, 3.63) is 78.8 Å². The van der Waals surface area contributed by atoms with E-state index in [2.05, 4.69) is 22.2 Å². The predicted octanol–water partition coefficient (Wildman–Crippen LogP) is 4.24. The number of aryl methyl sites for hydroxylation is 1. The highest BCUT2D eigenvalue weighted by Gasteiger charge is 2.12. The number of H-pyrrole nitrogens is 1. The van der Waals surface area contributed by atoms with Crippen LogP contribution in [0, 0.1) is 6.92 Å². The number of aromatic nitrogens is 4. The van der Waals surface area contributed by atoms with Gasteiger partial charge in [0.1, 0.15) is 5.82 Å². The molecular weight excluding hydrogens is 284 g/mol. The summed E-state index contributed by atoms with van der Waals surface area (Å²) in [5, 5.41) is 4.43. The number of para-hydroxylation sites is 1. The highest BCUT2D eigenvalue weighted by molar-refractivity contribution is 5.66. The van der Waals surface area contributed by atoms with Gasteiger partial charge in [0.25, 0.3) is 0 Å². The molecule has 2 aromatic carbocycles. The third-order valence-corrected chi connectivity index (χ3v) is 3.81. The van der Waals surface area contributed by atoms with E-state index in [1.54, 1.807) is 0 Å². The summed E-state index contributed by atoms with van der Waals surface area (Å²) in [6.07, 6.45) is 3.82. The largest absolute Gasteiger partial charge is 0.341 e. The molecule has 0 aliphatic carbocycles. The van der Waals surface area contributed by atoms with Crippen molar-refractivity contribution >= 4 is 0 Å². The van der Waals surface area contributed by atoms with Crippen molar-refractivity contribution in [2.24, 2.45) is 0 Å². The Morgan fingerprint density at radius 2 is 1.57 bits per heavy atom. The lowest BCUT2D eigenvalue weighted by Gasteiger charge is -1.98. The topological polar surface area (TPSA) is 46.5 Å². The number of rotatable bonds is 3. The summed E-state index contributed by atoms with van der Waals surface area (Å²) in [4.78, 5) is 8.11. The summed E-state index contributed by atoms with van der Waals surface area (Å²) in [7, 11) is 0. The third-order valence-electron chi connectivity index (χ3n) is 3.81. The first-order valence-corrected chi connectivity index (χ1v) is 7.54. The summed E-state index contributed by atoms with van der Waals surface area (Å²) < 4.78 is 1.86. The lowest BCUT2D eigenvalue weighted by atomic mass is 10.1. The molecule has 0 aliphatic heterocycles. The fraction of sp³-hybridized carbons (Fsp3) is 0.0526. The minimum Gasteiger partial charge on any atom is -0.341 e. The SMILES string of the molecule is Cc1[nH]c(-c2cnn(-c3ccccc3)c2)nc1-c1ccccc1. The lowest BCUT2D eigenvalue weighted by molar-refractivity contribution is 0.880. The standard InChI is InChI=1S/C19H16N4/c1-14-18(15-8-4-2-5-9-15)22-19(21-14)16-12-20-23(13-16)17-10-6-3-7-11-17/h2-13H,1H3,(H,21,22). The number of imidazole rings is 1. The van der Waals surface area contributed by atoms with Gasteiger partial charge in [-0.1, -0.05) is 48.5 Å². The normalized spacial score (nSPS) is 10.8. The maximum Gasteiger partial charge on any atom is 0.141 e. The summed E-state index contributed by atoms with van der Waals surface area (Å²) in [6, 6.07) is 20.3. The molecule has 0 bridgehead atoms. The summed E-state index contributed by atoms with van der Waals surface area (Å²) >= 11 is 0. The number of benzene rings is 2. The predicted molar refractivity (Wildman–Crippen MR) is 91.3 cm³/mol. The molecule has 4 heteroatoms. The lowest BCUT2D eigenvalue weighted by Crippen LogP contribution is -1.92. The van der Waals surface area contributed by atoms with Gasteiger partial charge in [0.05, 0.1) is 23.1 Å². The van der Waals surface area contributed by atoms with E-state index < -0.39 is 0 Å². The van der Waals surface area contributed by atoms with Gasteiger partial charge in [0.15, 0.2) is 0 Å². The van der Waals surface area contributed by atoms with Crippen LogP contribution in [0.1, 0.15) is 5.69 Å². The van der Waals surface area contributed by atoms with Gasteiger partial charge in [0.2, 0.25) is 0 Å². The number of hydrogen-bond acceptors (Lipinski definition) is 2. The maximum atomic E-state index is 4.75. The van der Waals surface area contributed by atoms with Crippen LogP contribution in [-0.2, 0) is 0 Å². The molecule has 2 aromatic heterocycles. The van der Waals surface area contributed by atoms with E-state index >= 15 is 0 Å². The van der Waals surface area contributed by atoms with Crippen LogP contribution in [0.15, 0.2) is 73.1 Å². The smallest absolute Gasteiger partial charge is 0.141 e. The Balaban J connectivity index is 1.71. The van der Waals surface area contributed by atoms with E-state index in [1.165, 1.54) is 0 Å². The van der Waals surface area contributed by atoms with Crippen LogP contribution in [0.5, 0.6) is 0 Å². The molecule has 4 nitrogen and oxygen atoms in total. The first-order valence-electron chi connectivity index (χ1n) is 7.54. The molecule has 112 valence electrons. The van der Waals surface area contributed by atoms with E-state index in [-0.39, 0.29) is 0 Å². The number of nitrogens with one attached hydrogen (secondary N) is 1. The first kappa shape index (κ1) is 13.5. The quantitative estimate of drug-likeness (QED) is 0.615. The summed E-state index contributed by atoms with van der Waals surface area (Å²) in [6.45, 7) is 2.04. The van der Waals surface area contributed by atoms with Crippen molar-refractivity contribution in [1.82, 2.24) is 19.7 Å². The molecule has 4 aromatic rings. The van der Waals surface area contributed by atoms with E-state index in [9.17, 15) is 0 Å². The van der Waals surface area contributed by atoms with E-state index in [0.717, 1.165) is 34.0 Å². The van der Waals surface area contributed by atoms with Crippen LogP contribution in [-0.4, -0.2) is 19.7 Å². The average Bonchev–Trinajstić information content (AvgIpc) is 3.23. The molecule has 2 heterocycles. The monoisotopic (exact) mass is 300 g/mol. The minimum absolute atomic E-state index is 0.837. The first-order chi connectivity index (χ1) is 11.3. The summed E-state index contributed by atoms with van der Waals surface area (Å²) in [5.41, 5.74) is 5.15. The second-order valence-electron chi connectivity index (χ2n) is 5.43. The highest BCUT2D eigenvalue weighted by Crippen LogP contribution is 2.25. The fourth-order valence-electron chi connectivity index (χ4n) is 2.64. The van der Waals surface area contributed by atoms with Crippen LogP contribution in [0.3, 0.4) is 0 Å². The molecule has 0 saturated carbocycles. The van der Waals surface area contributed by atoms with Crippen molar-refractivity contribution in [1.29, 1.82) is 0 Å². The Morgan fingerprint density at radius 3 is 2.30 bits per heavy atom. The second-order valence-corrected chi connectivity index (χ2v) is 5.43. The fourth-order valence-corrected chi connectivity index (χ4v) is 2.64. The number of aromatic amines is 1. The maximum absolute atomic E-state index is 4.75. The van der Waals surface area contributed by atoms with Crippen molar-refractivity contribution in [3.8, 4) is 28.3 Å². The van der Waals surface area contributed by atoms with Crippen LogP contribution < -0.4 is 0 Å². The van der Waals surface area contributed by atoms with Crippen LogP contribution in [0.2, 0.25) is 0 Å². The zero-order valence-electron chi connectivity index (χ0n) is 12.8. The van der Waals surface area contributed by atoms with Gasteiger partial charge in [-0.05, 0) is 19.1 Å². The molecule has 1 N–H and O–H groups in total. The van der Waals surface area contributed by atoms with Crippen LogP contribution in [0.4, 0.5) is 0 Å². The Morgan fingerprint density at radius 1 is 0.870 bits per heavy atom. The van der Waals surface area contributed by atoms with Gasteiger partial charge in [-0.15, -0.1) is 0 Å². The molecule has 0 radical (unpaired) electrons. The Bertz CT molecular complexity index is 920. The van der Waals surface area contributed by atoms with E-state index in [0.29, 0.717) is 0 Å². The molecule has 23 heavy (non-hydrogen) atoms. The zero-order chi connectivity index (χ0) is 15.6. The van der Waals surface area contributed by atoms with Gasteiger partial charge in [-0.25, -0.2) is 9.67 Å². The molecule has 0 saturated heterocycles. The van der Waals surface area contributed by atoms with Gasteiger partial charge < -0.3 is 4.98 Å². The van der Waals surface area contributed by atoms with Gasteiger partial charge in [-0.3, -0.25) is 0 Å². The highest BCUT2D eigenvalue weighted by atomic mass is 15.3. The number of hydrogen-bond donors (Lipinski definition) is 1. The van der Waals surface area contributed by atoms with Crippen molar-refractivity contribution in [3.63, 3.8) is 0 Å². The van der Waals surface area contributed by atoms with Gasteiger partial charge in [-0.2, -0.15) is 5.10 Å². The van der Waals surface area contributed by atoms with Crippen LogP contribution >= 0.6 is 0 Å². The zero-order valence-corrected chi connectivity index (χ0v) is 12.8. The van der Waals surface area contributed by atoms with Crippen LogP contribution in [0.25, 0.3) is 28.3 Å². The Hall–Kier alpha value is -3.14. The van der Waals surface area contributed by atoms with Crippen molar-refractivity contribution in [2.45, 2.75) is 6.92 Å². The molecule has 0 amide bonds. The molecule has 0 atom stereocenters. The second kappa shape index (κ2) is 5.57. The molecule has 0 fully saturated rings. The summed E-state index contributed by atoms with van der Waals surface area (Å²) in [5.74, 6) is 0.837. The Kier molecular flexibility index (Phi) is 3.27. The molecule has 0 unspecified atom stereocenters. The number of nitrogens with zero attached hydrogens (tertiary/aromatic N) is 3. The average molecular weight is 300 g/mol. The van der Waals surface area contributed by atoms with Crippen molar-refractivity contribution < 1.29 is 0 Å². The van der Waals surface area contributed by atoms with E-state index in [4.69, 9.17) is 4.98 Å². The third kappa shape index (κ3) is 2.55. The van der Waals surface area contributed by atoms with E-state index in [1.807, 2.05) is 72.5 Å².